The van der Waals surface area contributed by atoms with Crippen LogP contribution in [-0.2, 0) is 21.9 Å². The number of para-hydroxylation sites is 1. The maximum absolute atomic E-state index is 13.0. The number of amides is 1. The highest BCUT2D eigenvalue weighted by Gasteiger charge is 2.26. The van der Waals surface area contributed by atoms with Crippen molar-refractivity contribution in [2.24, 2.45) is 7.05 Å². The molecule has 1 aromatic heterocycles. The summed E-state index contributed by atoms with van der Waals surface area (Å²) in [6, 6.07) is 8.84. The Morgan fingerprint density at radius 1 is 1.21 bits per heavy atom. The molecule has 1 amide bonds. The van der Waals surface area contributed by atoms with E-state index in [2.05, 4.69) is 5.32 Å². The van der Waals surface area contributed by atoms with Gasteiger partial charge in [0.15, 0.2) is 5.58 Å². The minimum Gasteiger partial charge on any atom is -0.408 e. The van der Waals surface area contributed by atoms with E-state index in [-0.39, 0.29) is 32.8 Å². The Labute approximate surface area is 176 Å². The molecule has 0 atom stereocenters. The summed E-state index contributed by atoms with van der Waals surface area (Å²) < 4.78 is 33.3. The molecule has 0 saturated heterocycles. The van der Waals surface area contributed by atoms with E-state index in [0.29, 0.717) is 5.52 Å². The third-order valence-electron chi connectivity index (χ3n) is 4.30. The predicted molar refractivity (Wildman–Crippen MR) is 111 cm³/mol. The van der Waals surface area contributed by atoms with Crippen LogP contribution in [0.25, 0.3) is 11.1 Å². The Kier molecular flexibility index (Phi) is 6.04. The van der Waals surface area contributed by atoms with Gasteiger partial charge in [-0.25, -0.2) is 13.2 Å². The molecule has 29 heavy (non-hydrogen) atoms. The number of hydrogen-bond acceptors (Lipinski definition) is 5. The zero-order valence-corrected chi connectivity index (χ0v) is 17.8. The van der Waals surface area contributed by atoms with Gasteiger partial charge in [0.05, 0.1) is 32.7 Å². The van der Waals surface area contributed by atoms with Crippen molar-refractivity contribution in [1.82, 2.24) is 8.87 Å². The Morgan fingerprint density at radius 3 is 2.48 bits per heavy atom. The summed E-state index contributed by atoms with van der Waals surface area (Å²) in [6.45, 7) is 1.20. The number of carbonyl (C=O) groups is 1. The molecular formula is C18H17Cl2N3O5S. The quantitative estimate of drug-likeness (QED) is 0.612. The van der Waals surface area contributed by atoms with Crippen molar-refractivity contribution in [2.75, 3.05) is 18.4 Å². The van der Waals surface area contributed by atoms with Gasteiger partial charge in [0.2, 0.25) is 15.9 Å². The lowest BCUT2D eigenvalue weighted by Crippen LogP contribution is -2.37. The average Bonchev–Trinajstić information content (AvgIpc) is 2.96. The predicted octanol–water partition coefficient (Wildman–Crippen LogP) is 3.09. The molecule has 0 saturated carbocycles. The molecule has 0 aliphatic heterocycles. The fraction of sp³-hybridized carbons (Fsp3) is 0.222. The van der Waals surface area contributed by atoms with E-state index in [9.17, 15) is 18.0 Å². The molecule has 11 heteroatoms. The topological polar surface area (TPSA) is 102 Å². The molecule has 2 aromatic carbocycles. The number of aromatic nitrogens is 1. The maximum atomic E-state index is 13.0. The third kappa shape index (κ3) is 4.18. The second-order valence-corrected chi connectivity index (χ2v) is 8.88. The zero-order valence-electron chi connectivity index (χ0n) is 15.5. The van der Waals surface area contributed by atoms with Gasteiger partial charge in [-0.1, -0.05) is 36.2 Å². The highest BCUT2D eigenvalue weighted by atomic mass is 35.5. The minimum absolute atomic E-state index is 0.0444. The summed E-state index contributed by atoms with van der Waals surface area (Å²) in [5.41, 5.74) is 0.812. The van der Waals surface area contributed by atoms with Crippen LogP contribution in [0.2, 0.25) is 10.0 Å². The Balaban J connectivity index is 1.86. The Bertz CT molecular complexity index is 1230. The summed E-state index contributed by atoms with van der Waals surface area (Å²) in [5, 5.41) is 3.01. The van der Waals surface area contributed by atoms with Crippen molar-refractivity contribution in [1.29, 1.82) is 0 Å². The van der Waals surface area contributed by atoms with Crippen LogP contribution in [0.1, 0.15) is 6.92 Å². The molecule has 3 aromatic rings. The van der Waals surface area contributed by atoms with Crippen LogP contribution in [0, 0.1) is 0 Å². The van der Waals surface area contributed by atoms with Crippen molar-refractivity contribution in [2.45, 2.75) is 11.8 Å². The van der Waals surface area contributed by atoms with Crippen LogP contribution in [0.4, 0.5) is 5.69 Å². The van der Waals surface area contributed by atoms with Crippen LogP contribution in [0.15, 0.2) is 50.5 Å². The maximum Gasteiger partial charge on any atom is 0.419 e. The van der Waals surface area contributed by atoms with Gasteiger partial charge in [0.25, 0.3) is 0 Å². The average molecular weight is 458 g/mol. The molecule has 1 N–H and O–H groups in total. The van der Waals surface area contributed by atoms with Crippen molar-refractivity contribution >= 4 is 55.9 Å². The number of nitrogens with zero attached hydrogens (tertiary/aromatic N) is 2. The molecule has 8 nitrogen and oxygen atoms in total. The highest BCUT2D eigenvalue weighted by Crippen LogP contribution is 2.30. The molecule has 0 aliphatic rings. The summed E-state index contributed by atoms with van der Waals surface area (Å²) >= 11 is 12.1. The monoisotopic (exact) mass is 457 g/mol. The van der Waals surface area contributed by atoms with E-state index in [0.717, 1.165) is 4.31 Å². The molecule has 154 valence electrons. The van der Waals surface area contributed by atoms with Crippen molar-refractivity contribution in [3.8, 4) is 0 Å². The number of rotatable bonds is 6. The molecule has 3 rings (SSSR count). The van der Waals surface area contributed by atoms with Gasteiger partial charge in [-0.2, -0.15) is 4.31 Å². The second-order valence-electron chi connectivity index (χ2n) is 6.13. The first-order chi connectivity index (χ1) is 13.6. The number of aryl methyl sites for hydroxylation is 1. The standard InChI is InChI=1S/C18H17Cl2N3O5S/c1-3-23(10-16(24)21-17-12(19)5-4-6-13(17)20)29(26,27)11-7-8-14-15(9-11)28-18(25)22(14)2/h4-9H,3,10H2,1-2H3,(H,21,24). The first-order valence-electron chi connectivity index (χ1n) is 8.48. The lowest BCUT2D eigenvalue weighted by molar-refractivity contribution is -0.116. The lowest BCUT2D eigenvalue weighted by Gasteiger charge is -2.20. The van der Waals surface area contributed by atoms with Crippen LogP contribution < -0.4 is 11.1 Å². The summed E-state index contributed by atoms with van der Waals surface area (Å²) in [4.78, 5) is 24.0. The SMILES string of the molecule is CCN(CC(=O)Nc1c(Cl)cccc1Cl)S(=O)(=O)c1ccc2c(c1)oc(=O)n2C. The van der Waals surface area contributed by atoms with Gasteiger partial charge in [0, 0.05) is 19.7 Å². The molecule has 0 unspecified atom stereocenters. The number of hydrogen-bond donors (Lipinski definition) is 1. The normalized spacial score (nSPS) is 11.9. The summed E-state index contributed by atoms with van der Waals surface area (Å²) in [7, 11) is -2.50. The summed E-state index contributed by atoms with van der Waals surface area (Å²) in [5.74, 6) is -1.20. The number of halogens is 2. The highest BCUT2D eigenvalue weighted by molar-refractivity contribution is 7.89. The van der Waals surface area contributed by atoms with Crippen molar-refractivity contribution in [3.05, 3.63) is 57.0 Å². The van der Waals surface area contributed by atoms with Gasteiger partial charge in [-0.05, 0) is 24.3 Å². The fourth-order valence-corrected chi connectivity index (χ4v) is 4.66. The third-order valence-corrected chi connectivity index (χ3v) is 6.85. The number of benzene rings is 2. The first kappa shape index (κ1) is 21.4. The molecule has 0 fully saturated rings. The number of fused-ring (bicyclic) bond motifs is 1. The van der Waals surface area contributed by atoms with E-state index in [4.69, 9.17) is 27.6 Å². The van der Waals surface area contributed by atoms with E-state index in [1.54, 1.807) is 25.1 Å². The fourth-order valence-electron chi connectivity index (χ4n) is 2.75. The molecule has 0 radical (unpaired) electrons. The van der Waals surface area contributed by atoms with Gasteiger partial charge in [-0.15, -0.1) is 0 Å². The summed E-state index contributed by atoms with van der Waals surface area (Å²) in [6.07, 6.45) is 0. The number of anilines is 1. The van der Waals surface area contributed by atoms with E-state index in [1.807, 2.05) is 0 Å². The van der Waals surface area contributed by atoms with Gasteiger partial charge < -0.3 is 9.73 Å². The van der Waals surface area contributed by atoms with Gasteiger partial charge in [-0.3, -0.25) is 9.36 Å². The van der Waals surface area contributed by atoms with Crippen LogP contribution in [0.5, 0.6) is 0 Å². The smallest absolute Gasteiger partial charge is 0.408 e. The van der Waals surface area contributed by atoms with E-state index < -0.39 is 28.2 Å². The van der Waals surface area contributed by atoms with Crippen LogP contribution in [-0.4, -0.2) is 36.3 Å². The molecule has 0 bridgehead atoms. The number of nitrogens with one attached hydrogen (secondary N) is 1. The van der Waals surface area contributed by atoms with Crippen molar-refractivity contribution in [3.63, 3.8) is 0 Å². The molecular weight excluding hydrogens is 441 g/mol. The first-order valence-corrected chi connectivity index (χ1v) is 10.7. The molecule has 0 spiro atoms. The lowest BCUT2D eigenvalue weighted by atomic mass is 10.3. The Hall–Kier alpha value is -2.33. The number of carbonyl (C=O) groups excluding carboxylic acids is 1. The Morgan fingerprint density at radius 2 is 1.86 bits per heavy atom. The molecule has 1 heterocycles. The van der Waals surface area contributed by atoms with Gasteiger partial charge in [0.1, 0.15) is 0 Å². The number of likely N-dealkylation sites (N-methyl/N-ethyl adjacent to an activating group) is 1. The number of sulfonamides is 1. The largest absolute Gasteiger partial charge is 0.419 e. The van der Waals surface area contributed by atoms with E-state index in [1.165, 1.54) is 29.8 Å². The van der Waals surface area contributed by atoms with Crippen LogP contribution in [0.3, 0.4) is 0 Å². The molecule has 0 aliphatic carbocycles. The van der Waals surface area contributed by atoms with Crippen molar-refractivity contribution < 1.29 is 17.6 Å². The van der Waals surface area contributed by atoms with Crippen LogP contribution >= 0.6 is 23.2 Å². The minimum atomic E-state index is -4.02. The van der Waals surface area contributed by atoms with Gasteiger partial charge >= 0.3 is 5.76 Å². The second kappa shape index (κ2) is 8.19. The van der Waals surface area contributed by atoms with E-state index >= 15 is 0 Å². The number of oxazole rings is 1. The zero-order chi connectivity index (χ0) is 21.3.